The van der Waals surface area contributed by atoms with Gasteiger partial charge in [0.1, 0.15) is 5.76 Å². The van der Waals surface area contributed by atoms with E-state index in [1.165, 1.54) is 6.08 Å². The summed E-state index contributed by atoms with van der Waals surface area (Å²) in [5.41, 5.74) is 1.54. The maximum absolute atomic E-state index is 11.8. The van der Waals surface area contributed by atoms with Crippen molar-refractivity contribution in [2.45, 2.75) is 6.92 Å². The summed E-state index contributed by atoms with van der Waals surface area (Å²) in [5, 5.41) is 3.39. The van der Waals surface area contributed by atoms with E-state index in [2.05, 4.69) is 21.2 Å². The van der Waals surface area contributed by atoms with Gasteiger partial charge in [-0.3, -0.25) is 4.79 Å². The fraction of sp³-hybridized carbons (Fsp3) is 0.0714. The number of hydrogen-bond acceptors (Lipinski definition) is 2. The number of rotatable bonds is 3. The molecule has 3 nitrogen and oxygen atoms in total. The molecule has 19 heavy (non-hydrogen) atoms. The van der Waals surface area contributed by atoms with E-state index >= 15 is 0 Å². The van der Waals surface area contributed by atoms with Gasteiger partial charge in [0, 0.05) is 16.8 Å². The summed E-state index contributed by atoms with van der Waals surface area (Å²) < 4.78 is 5.88. The molecule has 1 aromatic carbocycles. The van der Waals surface area contributed by atoms with Gasteiger partial charge in [-0.2, -0.15) is 0 Å². The Bertz CT molecular complexity index is 634. The Kier molecular flexibility index (Phi) is 4.45. The molecule has 2 aromatic rings. The van der Waals surface area contributed by atoms with Crippen molar-refractivity contribution in [3.63, 3.8) is 0 Å². The van der Waals surface area contributed by atoms with Crippen LogP contribution in [0, 0.1) is 6.92 Å². The van der Waals surface area contributed by atoms with E-state index in [4.69, 9.17) is 16.0 Å². The molecule has 1 aromatic heterocycles. The van der Waals surface area contributed by atoms with Crippen LogP contribution >= 0.6 is 27.5 Å². The molecular formula is C14H11BrClNO2. The minimum Gasteiger partial charge on any atom is -0.450 e. The molecule has 5 heteroatoms. The van der Waals surface area contributed by atoms with Gasteiger partial charge in [-0.25, -0.2) is 0 Å². The number of halogens is 2. The third-order valence-corrected chi connectivity index (χ3v) is 3.35. The number of nitrogens with one attached hydrogen (secondary N) is 1. The van der Waals surface area contributed by atoms with Crippen LogP contribution in [0.15, 0.2) is 45.5 Å². The Labute approximate surface area is 124 Å². The summed E-state index contributed by atoms with van der Waals surface area (Å²) in [6.07, 6.45) is 3.01. The van der Waals surface area contributed by atoms with Crippen LogP contribution in [0.1, 0.15) is 11.3 Å². The Morgan fingerprint density at radius 2 is 2.16 bits per heavy atom. The van der Waals surface area contributed by atoms with E-state index in [9.17, 15) is 4.79 Å². The maximum Gasteiger partial charge on any atom is 0.248 e. The molecule has 0 aliphatic carbocycles. The van der Waals surface area contributed by atoms with Crippen molar-refractivity contribution in [1.82, 2.24) is 0 Å². The lowest BCUT2D eigenvalue weighted by atomic mass is 10.2. The zero-order valence-corrected chi connectivity index (χ0v) is 12.5. The van der Waals surface area contributed by atoms with Crippen molar-refractivity contribution in [1.29, 1.82) is 0 Å². The van der Waals surface area contributed by atoms with Crippen LogP contribution in [0.3, 0.4) is 0 Å². The molecule has 0 saturated heterocycles. The largest absolute Gasteiger partial charge is 0.450 e. The van der Waals surface area contributed by atoms with Crippen LogP contribution < -0.4 is 5.32 Å². The SMILES string of the molecule is Cc1c(Cl)cccc1NC(=O)/C=C/c1ccc(Br)o1. The number of amides is 1. The molecule has 0 atom stereocenters. The molecule has 1 amide bonds. The van der Waals surface area contributed by atoms with E-state index in [1.54, 1.807) is 36.4 Å². The first-order chi connectivity index (χ1) is 9.06. The Morgan fingerprint density at radius 1 is 1.37 bits per heavy atom. The molecule has 0 unspecified atom stereocenters. The van der Waals surface area contributed by atoms with E-state index < -0.39 is 0 Å². The van der Waals surface area contributed by atoms with Crippen LogP contribution in [-0.2, 0) is 4.79 Å². The topological polar surface area (TPSA) is 42.2 Å². The first kappa shape index (κ1) is 13.9. The number of hydrogen-bond donors (Lipinski definition) is 1. The quantitative estimate of drug-likeness (QED) is 0.826. The molecule has 0 spiro atoms. The molecule has 0 saturated carbocycles. The third-order valence-electron chi connectivity index (χ3n) is 2.52. The van der Waals surface area contributed by atoms with Gasteiger partial charge < -0.3 is 9.73 Å². The molecule has 0 bridgehead atoms. The van der Waals surface area contributed by atoms with Crippen molar-refractivity contribution in [2.24, 2.45) is 0 Å². The van der Waals surface area contributed by atoms with E-state index in [0.29, 0.717) is 21.1 Å². The van der Waals surface area contributed by atoms with Gasteiger partial charge in [0.2, 0.25) is 5.91 Å². The van der Waals surface area contributed by atoms with Crippen molar-refractivity contribution in [3.05, 3.63) is 57.4 Å². The Hall–Kier alpha value is -1.52. The molecule has 0 fully saturated rings. The number of carbonyl (C=O) groups excluding carboxylic acids is 1. The fourth-order valence-electron chi connectivity index (χ4n) is 1.49. The van der Waals surface area contributed by atoms with E-state index in [-0.39, 0.29) is 5.91 Å². The summed E-state index contributed by atoms with van der Waals surface area (Å²) >= 11 is 9.18. The van der Waals surface area contributed by atoms with Crippen molar-refractivity contribution in [3.8, 4) is 0 Å². The average Bonchev–Trinajstić information content (AvgIpc) is 2.78. The first-order valence-corrected chi connectivity index (χ1v) is 6.73. The third kappa shape index (κ3) is 3.72. The van der Waals surface area contributed by atoms with Crippen LogP contribution in [0.5, 0.6) is 0 Å². The fourth-order valence-corrected chi connectivity index (χ4v) is 1.99. The lowest BCUT2D eigenvalue weighted by Crippen LogP contribution is -2.08. The highest BCUT2D eigenvalue weighted by Gasteiger charge is 2.04. The molecule has 98 valence electrons. The summed E-state index contributed by atoms with van der Waals surface area (Å²) in [5.74, 6) is 0.364. The Morgan fingerprint density at radius 3 is 2.84 bits per heavy atom. The predicted octanol–water partition coefficient (Wildman–Crippen LogP) is 4.66. The van der Waals surface area contributed by atoms with E-state index in [1.807, 2.05) is 6.92 Å². The molecule has 2 rings (SSSR count). The van der Waals surface area contributed by atoms with Crippen molar-refractivity contribution < 1.29 is 9.21 Å². The van der Waals surface area contributed by atoms with Gasteiger partial charge >= 0.3 is 0 Å². The highest BCUT2D eigenvalue weighted by atomic mass is 79.9. The second-order valence-electron chi connectivity index (χ2n) is 3.88. The smallest absolute Gasteiger partial charge is 0.248 e. The van der Waals surface area contributed by atoms with Crippen molar-refractivity contribution >= 4 is 45.2 Å². The van der Waals surface area contributed by atoms with Gasteiger partial charge in [0.25, 0.3) is 0 Å². The number of anilines is 1. The average molecular weight is 341 g/mol. The minimum absolute atomic E-state index is 0.238. The maximum atomic E-state index is 11.8. The lowest BCUT2D eigenvalue weighted by Gasteiger charge is -2.07. The summed E-state index contributed by atoms with van der Waals surface area (Å²) in [7, 11) is 0. The Balaban J connectivity index is 2.05. The zero-order valence-electron chi connectivity index (χ0n) is 10.1. The predicted molar refractivity (Wildman–Crippen MR) is 80.3 cm³/mol. The molecular weight excluding hydrogens is 330 g/mol. The van der Waals surface area contributed by atoms with Crippen LogP contribution in [0.2, 0.25) is 5.02 Å². The van der Waals surface area contributed by atoms with Crippen LogP contribution in [-0.4, -0.2) is 5.91 Å². The molecule has 1 heterocycles. The number of furan rings is 1. The lowest BCUT2D eigenvalue weighted by molar-refractivity contribution is -0.111. The number of benzene rings is 1. The van der Waals surface area contributed by atoms with E-state index in [0.717, 1.165) is 5.56 Å². The normalized spacial score (nSPS) is 10.9. The molecule has 0 aliphatic rings. The molecule has 0 aliphatic heterocycles. The highest BCUT2D eigenvalue weighted by molar-refractivity contribution is 9.10. The highest BCUT2D eigenvalue weighted by Crippen LogP contribution is 2.23. The van der Waals surface area contributed by atoms with Gasteiger partial charge in [0.05, 0.1) is 0 Å². The summed E-state index contributed by atoms with van der Waals surface area (Å²) in [6, 6.07) is 8.90. The minimum atomic E-state index is -0.238. The van der Waals surface area contributed by atoms with Gasteiger partial charge in [-0.05, 0) is 58.8 Å². The van der Waals surface area contributed by atoms with Gasteiger partial charge in [-0.15, -0.1) is 0 Å². The standard InChI is InChI=1S/C14H11BrClNO2/c1-9-11(16)3-2-4-12(9)17-14(18)8-6-10-5-7-13(15)19-10/h2-8H,1H3,(H,17,18)/b8-6+. The van der Waals surface area contributed by atoms with Crippen LogP contribution in [0.25, 0.3) is 6.08 Å². The van der Waals surface area contributed by atoms with Crippen LogP contribution in [0.4, 0.5) is 5.69 Å². The van der Waals surface area contributed by atoms with Crippen molar-refractivity contribution in [2.75, 3.05) is 5.32 Å². The molecule has 0 radical (unpaired) electrons. The first-order valence-electron chi connectivity index (χ1n) is 5.56. The zero-order chi connectivity index (χ0) is 13.8. The summed E-state index contributed by atoms with van der Waals surface area (Å²) in [4.78, 5) is 11.8. The second-order valence-corrected chi connectivity index (χ2v) is 5.07. The van der Waals surface area contributed by atoms with Gasteiger partial charge in [-0.1, -0.05) is 17.7 Å². The second kappa shape index (κ2) is 6.08. The summed E-state index contributed by atoms with van der Waals surface area (Å²) in [6.45, 7) is 1.85. The van der Waals surface area contributed by atoms with Gasteiger partial charge in [0.15, 0.2) is 4.67 Å². The monoisotopic (exact) mass is 339 g/mol. The number of carbonyl (C=O) groups is 1. The molecule has 1 N–H and O–H groups in total.